The number of rotatable bonds is 6. The highest BCUT2D eigenvalue weighted by atomic mass is 35.5. The summed E-state index contributed by atoms with van der Waals surface area (Å²) in [6.45, 7) is 1.71. The van der Waals surface area contributed by atoms with Crippen molar-refractivity contribution in [1.29, 1.82) is 0 Å². The topological polar surface area (TPSA) is 93.5 Å². The van der Waals surface area contributed by atoms with Crippen LogP contribution in [0.4, 0.5) is 17.1 Å². The minimum atomic E-state index is -0.510. The average Bonchev–Trinajstić information content (AvgIpc) is 2.55. The average molecular weight is 350 g/mol. The molecule has 0 atom stereocenters. The van der Waals surface area contributed by atoms with Gasteiger partial charge in [0, 0.05) is 17.2 Å². The lowest BCUT2D eigenvalue weighted by Crippen LogP contribution is -2.22. The van der Waals surface area contributed by atoms with E-state index in [2.05, 4.69) is 10.6 Å². The number of aryl methyl sites for hydroxylation is 1. The molecule has 2 aromatic carbocycles. The first-order valence-corrected chi connectivity index (χ1v) is 7.41. The summed E-state index contributed by atoms with van der Waals surface area (Å²) >= 11 is 5.93. The number of benzene rings is 2. The number of nitrogens with one attached hydrogen (secondary N) is 2. The molecular weight excluding hydrogens is 334 g/mol. The summed E-state index contributed by atoms with van der Waals surface area (Å²) < 4.78 is 5.18. The number of methoxy groups -OCH3 is 1. The van der Waals surface area contributed by atoms with Crippen molar-refractivity contribution in [1.82, 2.24) is 0 Å². The van der Waals surface area contributed by atoms with Crippen molar-refractivity contribution in [2.75, 3.05) is 24.3 Å². The first-order chi connectivity index (χ1) is 11.4. The second-order valence-corrected chi connectivity index (χ2v) is 5.44. The fraction of sp³-hybridized carbons (Fsp3) is 0.188. The molecule has 0 saturated carbocycles. The first kappa shape index (κ1) is 17.6. The molecule has 8 heteroatoms. The van der Waals surface area contributed by atoms with Crippen molar-refractivity contribution in [3.63, 3.8) is 0 Å². The van der Waals surface area contributed by atoms with Gasteiger partial charge in [0.2, 0.25) is 5.91 Å². The molecule has 0 aliphatic heterocycles. The minimum absolute atomic E-state index is 0.0428. The van der Waals surface area contributed by atoms with E-state index in [9.17, 15) is 14.9 Å². The summed E-state index contributed by atoms with van der Waals surface area (Å²) in [6, 6.07) is 9.31. The molecular formula is C16H16ClN3O4. The van der Waals surface area contributed by atoms with Crippen LogP contribution >= 0.6 is 11.6 Å². The van der Waals surface area contributed by atoms with Gasteiger partial charge in [-0.2, -0.15) is 0 Å². The quantitative estimate of drug-likeness (QED) is 0.613. The molecule has 126 valence electrons. The lowest BCUT2D eigenvalue weighted by Gasteiger charge is -2.12. The second kappa shape index (κ2) is 7.65. The molecule has 0 bridgehead atoms. The number of amides is 1. The summed E-state index contributed by atoms with van der Waals surface area (Å²) in [4.78, 5) is 22.4. The molecule has 0 heterocycles. The maximum atomic E-state index is 12.1. The summed E-state index contributed by atoms with van der Waals surface area (Å²) in [5.41, 5.74) is 1.62. The number of nitro groups is 1. The fourth-order valence-corrected chi connectivity index (χ4v) is 2.22. The van der Waals surface area contributed by atoms with Crippen molar-refractivity contribution in [2.45, 2.75) is 6.92 Å². The van der Waals surface area contributed by atoms with Crippen LogP contribution in [0.3, 0.4) is 0 Å². The number of hydrogen-bond acceptors (Lipinski definition) is 5. The number of carbonyl (C=O) groups is 1. The molecule has 0 spiro atoms. The molecule has 1 amide bonds. The molecule has 0 aliphatic carbocycles. The minimum Gasteiger partial charge on any atom is -0.495 e. The number of ether oxygens (including phenoxy) is 1. The maximum absolute atomic E-state index is 12.1. The van der Waals surface area contributed by atoms with Crippen molar-refractivity contribution in [2.24, 2.45) is 0 Å². The van der Waals surface area contributed by atoms with Gasteiger partial charge in [0.25, 0.3) is 5.69 Å². The molecule has 0 aliphatic rings. The molecule has 0 unspecified atom stereocenters. The van der Waals surface area contributed by atoms with Gasteiger partial charge in [0.05, 0.1) is 30.0 Å². The van der Waals surface area contributed by atoms with Gasteiger partial charge in [-0.15, -0.1) is 0 Å². The molecule has 0 radical (unpaired) electrons. The maximum Gasteiger partial charge on any atom is 0.271 e. The Morgan fingerprint density at radius 1 is 1.25 bits per heavy atom. The second-order valence-electron chi connectivity index (χ2n) is 5.00. The van der Waals surface area contributed by atoms with Gasteiger partial charge in [-0.3, -0.25) is 14.9 Å². The van der Waals surface area contributed by atoms with Crippen LogP contribution in [0, 0.1) is 17.0 Å². The zero-order chi connectivity index (χ0) is 17.7. The molecule has 7 nitrogen and oxygen atoms in total. The fourth-order valence-electron chi connectivity index (χ4n) is 2.05. The highest BCUT2D eigenvalue weighted by molar-refractivity contribution is 6.30. The standard InChI is InChI=1S/C16H16ClN3O4/c1-10-3-5-12(20(22)23)8-13(10)19-16(21)9-18-14-7-11(17)4-6-15(14)24-2/h3-8,18H,9H2,1-2H3,(H,19,21). The summed E-state index contributed by atoms with van der Waals surface area (Å²) in [5.74, 6) is 0.208. The van der Waals surface area contributed by atoms with E-state index >= 15 is 0 Å². The van der Waals surface area contributed by atoms with Crippen molar-refractivity contribution in [3.05, 3.63) is 57.1 Å². The zero-order valence-corrected chi connectivity index (χ0v) is 13.9. The summed E-state index contributed by atoms with van der Waals surface area (Å²) in [7, 11) is 1.51. The number of non-ortho nitro benzene ring substituents is 1. The molecule has 24 heavy (non-hydrogen) atoms. The summed E-state index contributed by atoms with van der Waals surface area (Å²) in [6.07, 6.45) is 0. The Hall–Kier alpha value is -2.80. The Kier molecular flexibility index (Phi) is 5.59. The Bertz CT molecular complexity index is 780. The van der Waals surface area contributed by atoms with Crippen LogP contribution in [0.5, 0.6) is 5.75 Å². The Morgan fingerprint density at radius 2 is 2.00 bits per heavy atom. The third-order valence-corrected chi connectivity index (χ3v) is 3.54. The molecule has 2 N–H and O–H groups in total. The van der Waals surface area contributed by atoms with Crippen molar-refractivity contribution < 1.29 is 14.5 Å². The van der Waals surface area contributed by atoms with Crippen LogP contribution in [-0.2, 0) is 4.79 Å². The predicted octanol–water partition coefficient (Wildman–Crippen LogP) is 3.62. The van der Waals surface area contributed by atoms with Gasteiger partial charge < -0.3 is 15.4 Å². The molecule has 0 saturated heterocycles. The number of nitro benzene ring substituents is 1. The van der Waals surface area contributed by atoms with Gasteiger partial charge in [0.1, 0.15) is 5.75 Å². The van der Waals surface area contributed by atoms with E-state index in [0.29, 0.717) is 22.1 Å². The Morgan fingerprint density at radius 3 is 2.67 bits per heavy atom. The van der Waals surface area contributed by atoms with Gasteiger partial charge >= 0.3 is 0 Å². The Balaban J connectivity index is 2.05. The molecule has 2 aromatic rings. The van der Waals surface area contributed by atoms with Crippen LogP contribution in [0.25, 0.3) is 0 Å². The van der Waals surface area contributed by atoms with Crippen LogP contribution in [0.2, 0.25) is 5.02 Å². The first-order valence-electron chi connectivity index (χ1n) is 7.03. The predicted molar refractivity (Wildman–Crippen MR) is 93.0 cm³/mol. The van der Waals surface area contributed by atoms with Gasteiger partial charge in [0.15, 0.2) is 0 Å². The lowest BCUT2D eigenvalue weighted by atomic mass is 10.2. The van der Waals surface area contributed by atoms with Gasteiger partial charge in [-0.1, -0.05) is 17.7 Å². The number of carbonyl (C=O) groups excluding carboxylic acids is 1. The number of anilines is 2. The van der Waals surface area contributed by atoms with E-state index in [-0.39, 0.29) is 18.1 Å². The van der Waals surface area contributed by atoms with E-state index in [4.69, 9.17) is 16.3 Å². The van der Waals surface area contributed by atoms with Crippen LogP contribution < -0.4 is 15.4 Å². The smallest absolute Gasteiger partial charge is 0.271 e. The number of hydrogen-bond donors (Lipinski definition) is 2. The van der Waals surface area contributed by atoms with Crippen LogP contribution in [0.1, 0.15) is 5.56 Å². The van der Waals surface area contributed by atoms with Crippen LogP contribution in [0.15, 0.2) is 36.4 Å². The number of halogens is 1. The third kappa shape index (κ3) is 4.36. The van der Waals surface area contributed by atoms with Gasteiger partial charge in [-0.05, 0) is 30.7 Å². The SMILES string of the molecule is COc1ccc(Cl)cc1NCC(=O)Nc1cc([N+](=O)[O-])ccc1C. The molecule has 2 rings (SSSR count). The summed E-state index contributed by atoms with van der Waals surface area (Å²) in [5, 5.41) is 16.9. The van der Waals surface area contributed by atoms with Gasteiger partial charge in [-0.25, -0.2) is 0 Å². The highest BCUT2D eigenvalue weighted by Crippen LogP contribution is 2.27. The van der Waals surface area contributed by atoms with E-state index in [1.807, 2.05) is 0 Å². The van der Waals surface area contributed by atoms with Crippen molar-refractivity contribution in [3.8, 4) is 5.75 Å². The number of nitrogens with zero attached hydrogens (tertiary/aromatic N) is 1. The van der Waals surface area contributed by atoms with E-state index in [0.717, 1.165) is 5.56 Å². The largest absolute Gasteiger partial charge is 0.495 e. The highest BCUT2D eigenvalue weighted by Gasteiger charge is 2.12. The monoisotopic (exact) mass is 349 g/mol. The van der Waals surface area contributed by atoms with E-state index in [1.165, 1.54) is 19.2 Å². The van der Waals surface area contributed by atoms with E-state index in [1.54, 1.807) is 31.2 Å². The lowest BCUT2D eigenvalue weighted by molar-refractivity contribution is -0.384. The molecule has 0 aromatic heterocycles. The van der Waals surface area contributed by atoms with E-state index < -0.39 is 4.92 Å². The zero-order valence-electron chi connectivity index (χ0n) is 13.1. The third-order valence-electron chi connectivity index (χ3n) is 3.31. The normalized spacial score (nSPS) is 10.1. The Labute approximate surface area is 143 Å². The van der Waals surface area contributed by atoms with Crippen LogP contribution in [-0.4, -0.2) is 24.5 Å². The molecule has 0 fully saturated rings. The van der Waals surface area contributed by atoms with Crippen molar-refractivity contribution >= 4 is 34.6 Å².